The van der Waals surface area contributed by atoms with Gasteiger partial charge in [0.25, 0.3) is 0 Å². The minimum Gasteiger partial charge on any atom is -0.378 e. The van der Waals surface area contributed by atoms with E-state index >= 15 is 0 Å². The Bertz CT molecular complexity index is 316. The molecule has 1 saturated heterocycles. The molecule has 4 heteroatoms. The number of aliphatic hydroxyl groups is 1. The van der Waals surface area contributed by atoms with Gasteiger partial charge in [0.05, 0.1) is 0 Å². The van der Waals surface area contributed by atoms with Crippen LogP contribution in [-0.4, -0.2) is 48.2 Å². The molecule has 0 aromatic carbocycles. The predicted octanol–water partition coefficient (Wildman–Crippen LogP) is 2.17. The van der Waals surface area contributed by atoms with Gasteiger partial charge < -0.3 is 10.0 Å². The molecule has 0 bridgehead atoms. The van der Waals surface area contributed by atoms with Crippen molar-refractivity contribution < 1.29 is 9.90 Å². The molecule has 2 rings (SSSR count). The van der Waals surface area contributed by atoms with Crippen molar-refractivity contribution in [3.8, 4) is 0 Å². The first kappa shape index (κ1) is 16.9. The summed E-state index contributed by atoms with van der Waals surface area (Å²) in [6.45, 7) is 6.11. The topological polar surface area (TPSA) is 52.6 Å². The zero-order valence-corrected chi connectivity index (χ0v) is 13.5. The Morgan fingerprint density at radius 2 is 1.90 bits per heavy atom. The molecule has 1 heterocycles. The smallest absolute Gasteiger partial charge is 0.133 e. The molecule has 2 unspecified atom stereocenters. The van der Waals surface area contributed by atoms with Gasteiger partial charge in [0, 0.05) is 11.8 Å². The molecular weight excluding hydrogens is 264 g/mol. The fourth-order valence-corrected chi connectivity index (χ4v) is 3.93. The van der Waals surface area contributed by atoms with Gasteiger partial charge in [-0.3, -0.25) is 10.1 Å². The van der Waals surface area contributed by atoms with Gasteiger partial charge in [0.15, 0.2) is 0 Å². The van der Waals surface area contributed by atoms with Crippen LogP contribution in [0, 0.1) is 11.8 Å². The number of rotatable bonds is 7. The Morgan fingerprint density at radius 1 is 1.19 bits per heavy atom. The Hall–Kier alpha value is -0.450. The molecule has 4 nitrogen and oxygen atoms in total. The number of hydrogen-bond acceptors (Lipinski definition) is 4. The summed E-state index contributed by atoms with van der Waals surface area (Å²) < 4.78 is 0. The first-order valence-electron chi connectivity index (χ1n) is 8.83. The lowest BCUT2D eigenvalue weighted by Crippen LogP contribution is -2.44. The van der Waals surface area contributed by atoms with Gasteiger partial charge in [-0.15, -0.1) is 0 Å². The molecule has 0 spiro atoms. The number of likely N-dealkylation sites (tertiary alicyclic amines) is 1. The first-order chi connectivity index (χ1) is 10.2. The highest BCUT2D eigenvalue weighted by molar-refractivity contribution is 5.78. The maximum absolute atomic E-state index is 11.7. The van der Waals surface area contributed by atoms with E-state index in [1.807, 2.05) is 0 Å². The molecule has 0 radical (unpaired) electrons. The van der Waals surface area contributed by atoms with Gasteiger partial charge in [0.1, 0.15) is 12.0 Å². The highest BCUT2D eigenvalue weighted by Gasteiger charge is 2.33. The van der Waals surface area contributed by atoms with Crippen LogP contribution in [0.3, 0.4) is 0 Å². The van der Waals surface area contributed by atoms with Crippen molar-refractivity contribution in [1.82, 2.24) is 10.2 Å². The second-order valence-corrected chi connectivity index (χ2v) is 6.82. The zero-order valence-electron chi connectivity index (χ0n) is 13.5. The summed E-state index contributed by atoms with van der Waals surface area (Å²) in [5.41, 5.74) is 0. The van der Waals surface area contributed by atoms with Crippen LogP contribution in [0.15, 0.2) is 0 Å². The third kappa shape index (κ3) is 5.35. The third-order valence-corrected chi connectivity index (χ3v) is 5.20. The lowest BCUT2D eigenvalue weighted by Gasteiger charge is -2.34. The van der Waals surface area contributed by atoms with Crippen LogP contribution < -0.4 is 5.32 Å². The SMILES string of the molecule is CC(=O)C1CCCCC1[C@H](O)NCCCN1CCCCC1. The second kappa shape index (κ2) is 8.86. The van der Waals surface area contributed by atoms with Gasteiger partial charge in [-0.25, -0.2) is 0 Å². The zero-order chi connectivity index (χ0) is 15.1. The number of aliphatic hydroxyl groups excluding tert-OH is 1. The molecule has 3 atom stereocenters. The normalized spacial score (nSPS) is 29.2. The van der Waals surface area contributed by atoms with E-state index in [2.05, 4.69) is 10.2 Å². The summed E-state index contributed by atoms with van der Waals surface area (Å²) >= 11 is 0. The fourth-order valence-electron chi connectivity index (χ4n) is 3.93. The number of nitrogens with zero attached hydrogens (tertiary/aromatic N) is 1. The van der Waals surface area contributed by atoms with Crippen molar-refractivity contribution in [3.05, 3.63) is 0 Å². The monoisotopic (exact) mass is 296 g/mol. The van der Waals surface area contributed by atoms with E-state index in [1.54, 1.807) is 6.92 Å². The van der Waals surface area contributed by atoms with Crippen molar-refractivity contribution >= 4 is 5.78 Å². The Kier molecular flexibility index (Phi) is 7.14. The number of carbonyl (C=O) groups is 1. The summed E-state index contributed by atoms with van der Waals surface area (Å²) in [5.74, 6) is 0.420. The van der Waals surface area contributed by atoms with Crippen LogP contribution >= 0.6 is 0 Å². The lowest BCUT2D eigenvalue weighted by molar-refractivity contribution is -0.126. The minimum atomic E-state index is -0.513. The van der Waals surface area contributed by atoms with Gasteiger partial charge >= 0.3 is 0 Å². The maximum atomic E-state index is 11.7. The summed E-state index contributed by atoms with van der Waals surface area (Å²) in [5, 5.41) is 13.6. The standard InChI is InChI=1S/C17H32N2O2/c1-14(20)15-8-3-4-9-16(15)17(21)18-10-7-13-19-11-5-2-6-12-19/h15-18,21H,2-13H2,1H3/t15?,16?,17-/m0/s1. The molecule has 1 aliphatic heterocycles. The maximum Gasteiger partial charge on any atom is 0.133 e. The van der Waals surface area contributed by atoms with Crippen molar-refractivity contribution in [3.63, 3.8) is 0 Å². The lowest BCUT2D eigenvalue weighted by atomic mass is 9.76. The number of nitrogens with one attached hydrogen (secondary N) is 1. The van der Waals surface area contributed by atoms with E-state index in [0.29, 0.717) is 0 Å². The van der Waals surface area contributed by atoms with Gasteiger partial charge in [0.2, 0.25) is 0 Å². The van der Waals surface area contributed by atoms with Crippen LogP contribution in [0.1, 0.15) is 58.3 Å². The molecule has 21 heavy (non-hydrogen) atoms. The van der Waals surface area contributed by atoms with Crippen LogP contribution in [0.5, 0.6) is 0 Å². The van der Waals surface area contributed by atoms with Crippen molar-refractivity contribution in [2.75, 3.05) is 26.2 Å². The van der Waals surface area contributed by atoms with Crippen molar-refractivity contribution in [1.29, 1.82) is 0 Å². The van der Waals surface area contributed by atoms with Gasteiger partial charge in [-0.05, 0) is 65.2 Å². The fraction of sp³-hybridized carbons (Fsp3) is 0.941. The summed E-state index contributed by atoms with van der Waals surface area (Å²) in [4.78, 5) is 14.2. The van der Waals surface area contributed by atoms with E-state index < -0.39 is 6.23 Å². The minimum absolute atomic E-state index is 0.0587. The quantitative estimate of drug-likeness (QED) is 0.558. The summed E-state index contributed by atoms with van der Waals surface area (Å²) in [6.07, 6.45) is 8.80. The molecule has 2 N–H and O–H groups in total. The van der Waals surface area contributed by atoms with Gasteiger partial charge in [-0.2, -0.15) is 0 Å². The summed E-state index contributed by atoms with van der Waals surface area (Å²) in [7, 11) is 0. The number of carbonyl (C=O) groups excluding carboxylic acids is 1. The Morgan fingerprint density at radius 3 is 2.62 bits per heavy atom. The van der Waals surface area contributed by atoms with E-state index in [4.69, 9.17) is 0 Å². The highest BCUT2D eigenvalue weighted by Crippen LogP contribution is 2.32. The number of ketones is 1. The van der Waals surface area contributed by atoms with Gasteiger partial charge in [-0.1, -0.05) is 19.3 Å². The van der Waals surface area contributed by atoms with Crippen LogP contribution in [0.25, 0.3) is 0 Å². The Labute approximate surface area is 129 Å². The molecule has 122 valence electrons. The average molecular weight is 296 g/mol. The first-order valence-corrected chi connectivity index (χ1v) is 8.83. The molecule has 0 aromatic heterocycles. The van der Waals surface area contributed by atoms with Crippen molar-refractivity contribution in [2.24, 2.45) is 11.8 Å². The number of hydrogen-bond donors (Lipinski definition) is 2. The molecule has 1 saturated carbocycles. The van der Waals surface area contributed by atoms with Crippen LogP contribution in [0.2, 0.25) is 0 Å². The molecular formula is C17H32N2O2. The third-order valence-electron chi connectivity index (χ3n) is 5.20. The van der Waals surface area contributed by atoms with E-state index in [0.717, 1.165) is 45.2 Å². The second-order valence-electron chi connectivity index (χ2n) is 6.82. The summed E-state index contributed by atoms with van der Waals surface area (Å²) in [6, 6.07) is 0. The molecule has 0 aromatic rings. The Balaban J connectivity index is 1.65. The van der Waals surface area contributed by atoms with Crippen molar-refractivity contribution in [2.45, 2.75) is 64.5 Å². The van der Waals surface area contributed by atoms with E-state index in [-0.39, 0.29) is 17.6 Å². The van der Waals surface area contributed by atoms with Crippen LogP contribution in [-0.2, 0) is 4.79 Å². The predicted molar refractivity (Wildman–Crippen MR) is 85.0 cm³/mol. The van der Waals surface area contributed by atoms with E-state index in [1.165, 1.54) is 32.4 Å². The largest absolute Gasteiger partial charge is 0.378 e. The number of piperidine rings is 1. The average Bonchev–Trinajstić information content (AvgIpc) is 2.52. The highest BCUT2D eigenvalue weighted by atomic mass is 16.3. The number of Topliss-reactive ketones (excluding diaryl/α,β-unsaturated/α-hetero) is 1. The molecule has 1 aliphatic carbocycles. The molecule has 2 fully saturated rings. The van der Waals surface area contributed by atoms with E-state index in [9.17, 15) is 9.90 Å². The molecule has 2 aliphatic rings. The van der Waals surface area contributed by atoms with Crippen LogP contribution in [0.4, 0.5) is 0 Å². The molecule has 0 amide bonds.